The molecular formula is C22H16F13NO4. The summed E-state index contributed by atoms with van der Waals surface area (Å²) in [5.74, 6) is -14.3. The van der Waals surface area contributed by atoms with Gasteiger partial charge in [0.1, 0.15) is 5.75 Å². The van der Waals surface area contributed by atoms with E-state index >= 15 is 0 Å². The number of ether oxygens (including phenoxy) is 3. The van der Waals surface area contributed by atoms with Crippen LogP contribution < -0.4 is 10.1 Å². The van der Waals surface area contributed by atoms with Crippen molar-refractivity contribution < 1.29 is 76.1 Å². The Morgan fingerprint density at radius 3 is 1.88 bits per heavy atom. The third kappa shape index (κ3) is 7.26. The van der Waals surface area contributed by atoms with Gasteiger partial charge in [-0.25, -0.2) is 9.47 Å². The molecular weight excluding hydrogens is 589 g/mol. The lowest BCUT2D eigenvalue weighted by atomic mass is 10.1. The van der Waals surface area contributed by atoms with Gasteiger partial charge in [0.25, 0.3) is 5.91 Å². The molecule has 0 aromatic heterocycles. The molecule has 2 aromatic carbocycles. The zero-order valence-corrected chi connectivity index (χ0v) is 19.8. The van der Waals surface area contributed by atoms with Crippen molar-refractivity contribution in [2.45, 2.75) is 50.4 Å². The Hall–Kier alpha value is -3.28. The normalized spacial score (nSPS) is 13.8. The summed E-state index contributed by atoms with van der Waals surface area (Å²) in [6.07, 6.45) is -28.0. The summed E-state index contributed by atoms with van der Waals surface area (Å²) in [5.41, 5.74) is -1.15. The molecule has 0 atom stereocenters. The minimum Gasteiger partial charge on any atom is -0.483 e. The van der Waals surface area contributed by atoms with Crippen LogP contribution in [0.25, 0.3) is 0 Å². The van der Waals surface area contributed by atoms with Gasteiger partial charge in [-0.1, -0.05) is 29.8 Å². The highest BCUT2D eigenvalue weighted by atomic mass is 19.4. The predicted octanol–water partition coefficient (Wildman–Crippen LogP) is 7.38. The maximum atomic E-state index is 14.4. The maximum absolute atomic E-state index is 14.4. The number of benzene rings is 2. The fraction of sp³-hybridized carbons (Fsp3) is 0.409. The SMILES string of the molecule is Cc1ccc(OCC(=O)Nc2cccc(C(F)(F)C(F)(F)OC(F)(F)C(F)(F)C(F)(F)OC(F)(F)F)c2)c(C)c1. The van der Waals surface area contributed by atoms with E-state index in [1.165, 1.54) is 6.07 Å². The molecule has 2 aromatic rings. The molecule has 0 radical (unpaired) electrons. The van der Waals surface area contributed by atoms with Gasteiger partial charge in [0.2, 0.25) is 0 Å². The minimum atomic E-state index is -7.53. The molecule has 0 saturated carbocycles. The van der Waals surface area contributed by atoms with Gasteiger partial charge in [-0.15, -0.1) is 13.2 Å². The van der Waals surface area contributed by atoms with Gasteiger partial charge in [0, 0.05) is 11.3 Å². The first-order valence-corrected chi connectivity index (χ1v) is 10.4. The number of carbonyl (C=O) groups excluding carboxylic acids is 1. The Labute approximate surface area is 215 Å². The van der Waals surface area contributed by atoms with E-state index in [0.717, 1.165) is 11.6 Å². The Bertz CT molecular complexity index is 1220. The van der Waals surface area contributed by atoms with Crippen molar-refractivity contribution in [1.29, 1.82) is 0 Å². The molecule has 0 unspecified atom stereocenters. The lowest BCUT2D eigenvalue weighted by Crippen LogP contribution is -2.61. The van der Waals surface area contributed by atoms with E-state index in [-0.39, 0.29) is 17.9 Å². The predicted molar refractivity (Wildman–Crippen MR) is 108 cm³/mol. The first kappa shape index (κ1) is 32.9. The van der Waals surface area contributed by atoms with E-state index in [4.69, 9.17) is 4.74 Å². The summed E-state index contributed by atoms with van der Waals surface area (Å²) in [4.78, 5) is 12.1. The second-order valence-corrected chi connectivity index (χ2v) is 8.04. The van der Waals surface area contributed by atoms with Gasteiger partial charge in [-0.05, 0) is 37.6 Å². The third-order valence-corrected chi connectivity index (χ3v) is 4.79. The number of nitrogens with one attached hydrogen (secondary N) is 1. The number of amides is 1. The summed E-state index contributed by atoms with van der Waals surface area (Å²) < 4.78 is 181. The zero-order chi connectivity index (χ0) is 30.9. The highest BCUT2D eigenvalue weighted by molar-refractivity contribution is 5.92. The monoisotopic (exact) mass is 605 g/mol. The van der Waals surface area contributed by atoms with Crippen LogP contribution in [0, 0.1) is 13.8 Å². The maximum Gasteiger partial charge on any atom is 0.527 e. The summed E-state index contributed by atoms with van der Waals surface area (Å²) in [7, 11) is 0. The summed E-state index contributed by atoms with van der Waals surface area (Å²) in [6, 6.07) is 6.48. The van der Waals surface area contributed by atoms with Gasteiger partial charge in [0.15, 0.2) is 6.61 Å². The van der Waals surface area contributed by atoms with E-state index in [1.54, 1.807) is 30.7 Å². The number of alkyl halides is 13. The van der Waals surface area contributed by atoms with Crippen LogP contribution in [0.4, 0.5) is 62.8 Å². The number of aryl methyl sites for hydroxylation is 2. The molecule has 0 saturated heterocycles. The summed E-state index contributed by atoms with van der Waals surface area (Å²) in [5, 5.41) is 1.95. The Kier molecular flexibility index (Phi) is 9.01. The average Bonchev–Trinajstić information content (AvgIpc) is 2.76. The van der Waals surface area contributed by atoms with Crippen molar-refractivity contribution in [3.8, 4) is 5.75 Å². The second kappa shape index (κ2) is 10.9. The number of hydrogen-bond acceptors (Lipinski definition) is 4. The summed E-state index contributed by atoms with van der Waals surface area (Å²) in [6.45, 7) is 2.68. The van der Waals surface area contributed by atoms with E-state index in [1.807, 2.05) is 10.1 Å². The van der Waals surface area contributed by atoms with Crippen LogP contribution in [0.5, 0.6) is 5.75 Å². The molecule has 0 aliphatic rings. The van der Waals surface area contributed by atoms with Gasteiger partial charge in [-0.2, -0.15) is 43.9 Å². The van der Waals surface area contributed by atoms with E-state index in [9.17, 15) is 61.9 Å². The van der Waals surface area contributed by atoms with Crippen LogP contribution in [-0.4, -0.2) is 43.1 Å². The number of halogens is 13. The van der Waals surface area contributed by atoms with Gasteiger partial charge in [-0.3, -0.25) is 4.79 Å². The molecule has 5 nitrogen and oxygen atoms in total. The van der Waals surface area contributed by atoms with Crippen LogP contribution >= 0.6 is 0 Å². The molecule has 0 aliphatic heterocycles. The lowest BCUT2D eigenvalue weighted by molar-refractivity contribution is -0.535. The second-order valence-electron chi connectivity index (χ2n) is 8.04. The van der Waals surface area contributed by atoms with Gasteiger partial charge < -0.3 is 10.1 Å². The minimum absolute atomic E-state index is 0.0734. The van der Waals surface area contributed by atoms with Crippen LogP contribution in [0.1, 0.15) is 16.7 Å². The van der Waals surface area contributed by atoms with Crippen LogP contribution in [0.3, 0.4) is 0 Å². The molecule has 40 heavy (non-hydrogen) atoms. The zero-order valence-electron chi connectivity index (χ0n) is 19.8. The van der Waals surface area contributed by atoms with Crippen molar-refractivity contribution in [3.05, 3.63) is 59.2 Å². The fourth-order valence-corrected chi connectivity index (χ4v) is 2.93. The van der Waals surface area contributed by atoms with Crippen molar-refractivity contribution in [2.24, 2.45) is 0 Å². The number of carbonyl (C=O) groups is 1. The third-order valence-electron chi connectivity index (χ3n) is 4.79. The van der Waals surface area contributed by atoms with E-state index in [2.05, 4.69) is 0 Å². The first-order valence-electron chi connectivity index (χ1n) is 10.4. The average molecular weight is 605 g/mol. The Balaban J connectivity index is 2.22. The molecule has 0 heterocycles. The number of hydrogen-bond donors (Lipinski definition) is 1. The largest absolute Gasteiger partial charge is 0.527 e. The van der Waals surface area contributed by atoms with Gasteiger partial charge >= 0.3 is 36.5 Å². The highest BCUT2D eigenvalue weighted by Gasteiger charge is 2.80. The van der Waals surface area contributed by atoms with E-state index < -0.39 is 60.3 Å². The topological polar surface area (TPSA) is 56.8 Å². The first-order chi connectivity index (χ1) is 17.9. The van der Waals surface area contributed by atoms with Crippen molar-refractivity contribution in [3.63, 3.8) is 0 Å². The Morgan fingerprint density at radius 2 is 1.32 bits per heavy atom. The number of anilines is 1. The molecule has 0 aliphatic carbocycles. The lowest BCUT2D eigenvalue weighted by Gasteiger charge is -2.35. The fourth-order valence-electron chi connectivity index (χ4n) is 2.93. The molecule has 0 spiro atoms. The molecule has 18 heteroatoms. The smallest absolute Gasteiger partial charge is 0.483 e. The summed E-state index contributed by atoms with van der Waals surface area (Å²) >= 11 is 0. The van der Waals surface area contributed by atoms with Crippen LogP contribution in [0.15, 0.2) is 42.5 Å². The molecule has 224 valence electrons. The van der Waals surface area contributed by atoms with Gasteiger partial charge in [0.05, 0.1) is 0 Å². The van der Waals surface area contributed by atoms with Crippen molar-refractivity contribution in [1.82, 2.24) is 0 Å². The van der Waals surface area contributed by atoms with Crippen LogP contribution in [0.2, 0.25) is 0 Å². The Morgan fingerprint density at radius 1 is 0.750 bits per heavy atom. The van der Waals surface area contributed by atoms with Crippen molar-refractivity contribution >= 4 is 11.6 Å². The number of rotatable bonds is 11. The molecule has 1 N–H and O–H groups in total. The van der Waals surface area contributed by atoms with E-state index in [0.29, 0.717) is 11.6 Å². The molecule has 0 bridgehead atoms. The van der Waals surface area contributed by atoms with Crippen LogP contribution in [-0.2, 0) is 20.2 Å². The quantitative estimate of drug-likeness (QED) is 0.272. The van der Waals surface area contributed by atoms with Crippen molar-refractivity contribution in [2.75, 3.05) is 11.9 Å². The molecule has 2 rings (SSSR count). The molecule has 1 amide bonds. The standard InChI is InChI=1S/C22H16F13NO4/c1-11-6-7-15(12(2)8-11)38-10-16(37)36-14-5-3-4-13(9-14)17(23,24)19(27,28)39-20(29,30)18(25,26)21(31,32)40-22(33,34)35/h3-9H,10H2,1-2H3,(H,36,37). The highest BCUT2D eigenvalue weighted by Crippen LogP contribution is 2.54. The molecule has 0 fully saturated rings.